The Morgan fingerprint density at radius 2 is 1.97 bits per heavy atom. The fraction of sp³-hybridized carbons (Fsp3) is 0.467. The van der Waals surface area contributed by atoms with Gasteiger partial charge in [-0.05, 0) is 91.4 Å². The monoisotopic (exact) mass is 490 g/mol. The second kappa shape index (κ2) is 8.07. The second-order valence-corrected chi connectivity index (χ2v) is 11.3. The number of nitrogens with zero attached hydrogens (tertiary/aromatic N) is 2. The highest BCUT2D eigenvalue weighted by atomic mass is 19.3. The third kappa shape index (κ3) is 3.19. The highest BCUT2D eigenvalue weighted by Gasteiger charge is 2.70. The van der Waals surface area contributed by atoms with Crippen LogP contribution in [0.3, 0.4) is 0 Å². The van der Waals surface area contributed by atoms with Gasteiger partial charge in [-0.2, -0.15) is 8.78 Å². The zero-order valence-electron chi connectivity index (χ0n) is 20.6. The number of aromatic nitrogens is 2. The van der Waals surface area contributed by atoms with Crippen molar-refractivity contribution >= 4 is 5.78 Å². The van der Waals surface area contributed by atoms with Crippen LogP contribution in [0.15, 0.2) is 78.4 Å². The normalized spacial score (nSPS) is 34.1. The maximum Gasteiger partial charge on any atom is 0.294 e. The Morgan fingerprint density at radius 3 is 2.67 bits per heavy atom. The first-order chi connectivity index (χ1) is 17.2. The predicted octanol–water partition coefficient (Wildman–Crippen LogP) is 6.32. The van der Waals surface area contributed by atoms with Gasteiger partial charge in [0.2, 0.25) is 0 Å². The molecule has 4 aliphatic carbocycles. The Morgan fingerprint density at radius 1 is 1.19 bits per heavy atom. The number of aliphatic hydroxyl groups is 1. The van der Waals surface area contributed by atoms with Crippen LogP contribution in [0.25, 0.3) is 5.69 Å². The lowest BCUT2D eigenvalue weighted by atomic mass is 9.50. The third-order valence-electron chi connectivity index (χ3n) is 9.79. The Labute approximate surface area is 210 Å². The van der Waals surface area contributed by atoms with Crippen LogP contribution < -0.4 is 0 Å². The molecule has 6 rings (SSSR count). The zero-order chi connectivity index (χ0) is 25.3. The number of alkyl halides is 2. The number of hydrogen-bond donors (Lipinski definition) is 1. The van der Waals surface area contributed by atoms with E-state index in [0.717, 1.165) is 36.1 Å². The zero-order valence-corrected chi connectivity index (χ0v) is 20.6. The van der Waals surface area contributed by atoms with Gasteiger partial charge >= 0.3 is 0 Å². The molecule has 1 aromatic carbocycles. The standard InChI is InChI=1S/C30H32F2N2O2/c1-3-30(31,32)29(36)13-12-26-24-10-6-20-16-22(35)9-11-23(20)27(24)25(17-28(26,29)2)19-4-7-21(8-5-19)34-15-14-33-18-34/h3-5,7-8,14-16,18,24-26,36H,1,6,9-13,17H2,2H3/t24?,25-,26?,28+,29+/m1/s1. The molecule has 0 aliphatic heterocycles. The number of benzene rings is 1. The van der Waals surface area contributed by atoms with Gasteiger partial charge in [0.15, 0.2) is 5.78 Å². The summed E-state index contributed by atoms with van der Waals surface area (Å²) in [7, 11) is 0. The molecule has 6 heteroatoms. The predicted molar refractivity (Wildman–Crippen MR) is 134 cm³/mol. The summed E-state index contributed by atoms with van der Waals surface area (Å²) < 4.78 is 32.5. The number of rotatable bonds is 4. The largest absolute Gasteiger partial charge is 0.383 e. The summed E-state index contributed by atoms with van der Waals surface area (Å²) in [6, 6.07) is 8.24. The van der Waals surface area contributed by atoms with Crippen LogP contribution >= 0.6 is 0 Å². The number of hydrogen-bond acceptors (Lipinski definition) is 3. The van der Waals surface area contributed by atoms with E-state index in [4.69, 9.17) is 0 Å². The number of carbonyl (C=O) groups excluding carboxylic acids is 1. The van der Waals surface area contributed by atoms with E-state index in [0.29, 0.717) is 25.3 Å². The topological polar surface area (TPSA) is 55.1 Å². The number of carbonyl (C=O) groups is 1. The smallest absolute Gasteiger partial charge is 0.294 e. The maximum absolute atomic E-state index is 15.3. The number of allylic oxidation sites excluding steroid dienone is 4. The molecule has 0 saturated heterocycles. The average Bonchev–Trinajstić information content (AvgIpc) is 3.51. The molecule has 0 amide bonds. The van der Waals surface area contributed by atoms with Gasteiger partial charge in [0.25, 0.3) is 5.92 Å². The lowest BCUT2D eigenvalue weighted by molar-refractivity contribution is -0.213. The summed E-state index contributed by atoms with van der Waals surface area (Å²) in [5.41, 5.74) is 2.68. The molecule has 0 bridgehead atoms. The molecule has 2 unspecified atom stereocenters. The molecule has 0 spiro atoms. The van der Waals surface area contributed by atoms with E-state index in [1.54, 1.807) is 12.5 Å². The molecule has 2 aromatic rings. The van der Waals surface area contributed by atoms with Crippen molar-refractivity contribution in [1.29, 1.82) is 0 Å². The van der Waals surface area contributed by atoms with Crippen molar-refractivity contribution in [3.8, 4) is 5.69 Å². The van der Waals surface area contributed by atoms with E-state index in [1.807, 2.05) is 35.9 Å². The summed E-state index contributed by atoms with van der Waals surface area (Å²) in [6.07, 6.45) is 11.7. The van der Waals surface area contributed by atoms with E-state index in [2.05, 4.69) is 23.7 Å². The van der Waals surface area contributed by atoms with Gasteiger partial charge in [0.05, 0.1) is 6.33 Å². The molecule has 2 saturated carbocycles. The van der Waals surface area contributed by atoms with Crippen LogP contribution in [0.2, 0.25) is 0 Å². The third-order valence-corrected chi connectivity index (χ3v) is 9.79. The van der Waals surface area contributed by atoms with Crippen molar-refractivity contribution in [3.05, 3.63) is 84.0 Å². The van der Waals surface area contributed by atoms with Crippen LogP contribution in [0.4, 0.5) is 8.78 Å². The Kier molecular flexibility index (Phi) is 5.28. The minimum absolute atomic E-state index is 0.0310. The molecular weight excluding hydrogens is 458 g/mol. The molecule has 36 heavy (non-hydrogen) atoms. The number of ketones is 1. The lowest BCUT2D eigenvalue weighted by Crippen LogP contribution is -2.59. The summed E-state index contributed by atoms with van der Waals surface area (Å²) in [6.45, 7) is 5.26. The van der Waals surface area contributed by atoms with Crippen LogP contribution in [0.5, 0.6) is 0 Å². The summed E-state index contributed by atoms with van der Waals surface area (Å²) >= 11 is 0. The van der Waals surface area contributed by atoms with Gasteiger partial charge in [-0.15, -0.1) is 0 Å². The van der Waals surface area contributed by atoms with E-state index < -0.39 is 16.9 Å². The van der Waals surface area contributed by atoms with Crippen molar-refractivity contribution in [1.82, 2.24) is 9.55 Å². The Bertz CT molecular complexity index is 1280. The van der Waals surface area contributed by atoms with Crippen molar-refractivity contribution in [2.75, 3.05) is 0 Å². The molecule has 188 valence electrons. The van der Waals surface area contributed by atoms with Crippen molar-refractivity contribution in [2.45, 2.75) is 69.3 Å². The maximum atomic E-state index is 15.3. The molecule has 1 heterocycles. The van der Waals surface area contributed by atoms with Crippen LogP contribution in [0, 0.1) is 17.3 Å². The van der Waals surface area contributed by atoms with E-state index in [-0.39, 0.29) is 30.0 Å². The molecular formula is C30H32F2N2O2. The van der Waals surface area contributed by atoms with E-state index >= 15 is 8.78 Å². The number of fused-ring (bicyclic) bond motifs is 4. The van der Waals surface area contributed by atoms with Gasteiger partial charge < -0.3 is 9.67 Å². The molecule has 2 fully saturated rings. The summed E-state index contributed by atoms with van der Waals surface area (Å²) in [4.78, 5) is 16.3. The van der Waals surface area contributed by atoms with Crippen molar-refractivity contribution in [2.24, 2.45) is 17.3 Å². The average molecular weight is 491 g/mol. The molecule has 4 aliphatic rings. The molecule has 0 radical (unpaired) electrons. The lowest BCUT2D eigenvalue weighted by Gasteiger charge is -2.55. The number of halogens is 2. The Balaban J connectivity index is 1.50. The molecule has 5 atom stereocenters. The van der Waals surface area contributed by atoms with Gasteiger partial charge in [-0.3, -0.25) is 4.79 Å². The van der Waals surface area contributed by atoms with Crippen LogP contribution in [0.1, 0.15) is 63.4 Å². The van der Waals surface area contributed by atoms with Crippen molar-refractivity contribution < 1.29 is 18.7 Å². The first kappa shape index (κ1) is 23.5. The van der Waals surface area contributed by atoms with E-state index in [1.165, 1.54) is 11.1 Å². The first-order valence-corrected chi connectivity index (χ1v) is 13.0. The highest BCUT2D eigenvalue weighted by Crippen LogP contribution is 2.69. The minimum Gasteiger partial charge on any atom is -0.383 e. The second-order valence-electron chi connectivity index (χ2n) is 11.3. The Hall–Kier alpha value is -2.86. The van der Waals surface area contributed by atoms with Gasteiger partial charge in [0, 0.05) is 35.8 Å². The first-order valence-electron chi connectivity index (χ1n) is 13.0. The van der Waals surface area contributed by atoms with Gasteiger partial charge in [0.1, 0.15) is 5.60 Å². The fourth-order valence-corrected chi connectivity index (χ4v) is 7.97. The summed E-state index contributed by atoms with van der Waals surface area (Å²) in [5, 5.41) is 11.7. The molecule has 1 aromatic heterocycles. The minimum atomic E-state index is -3.37. The quantitative estimate of drug-likeness (QED) is 0.510. The van der Waals surface area contributed by atoms with Gasteiger partial charge in [-0.1, -0.05) is 31.2 Å². The van der Waals surface area contributed by atoms with Crippen LogP contribution in [-0.2, 0) is 4.79 Å². The molecule has 4 nitrogen and oxygen atoms in total. The van der Waals surface area contributed by atoms with E-state index in [9.17, 15) is 9.90 Å². The fourth-order valence-electron chi connectivity index (χ4n) is 7.97. The van der Waals surface area contributed by atoms with Gasteiger partial charge in [-0.25, -0.2) is 4.98 Å². The van der Waals surface area contributed by atoms with Crippen molar-refractivity contribution in [3.63, 3.8) is 0 Å². The molecule has 1 N–H and O–H groups in total. The highest BCUT2D eigenvalue weighted by molar-refractivity contribution is 5.93. The summed E-state index contributed by atoms with van der Waals surface area (Å²) in [5.74, 6) is -3.19. The SMILES string of the molecule is C=CC(F)(F)[C@]1(O)CCC2C3CCC4=CC(=O)CCC4=C3[C@@H](c3ccc(-n4ccnc4)cc3)C[C@@]21C. The number of imidazole rings is 1. The van der Waals surface area contributed by atoms with Crippen LogP contribution in [-0.4, -0.2) is 32.0 Å².